The minimum Gasteiger partial charge on any atom is -0.478 e. The van der Waals surface area contributed by atoms with Crippen molar-refractivity contribution in [2.45, 2.75) is 0 Å². The van der Waals surface area contributed by atoms with Crippen molar-refractivity contribution in [3.63, 3.8) is 0 Å². The quantitative estimate of drug-likeness (QED) is 0.658. The third-order valence-electron chi connectivity index (χ3n) is 2.13. The molecule has 0 aromatic heterocycles. The minimum atomic E-state index is -1.00. The number of benzene rings is 1. The number of anilines is 1. The molecule has 17 heavy (non-hydrogen) atoms. The molecule has 0 bridgehead atoms. The zero-order valence-corrected chi connectivity index (χ0v) is 10.1. The zero-order valence-electron chi connectivity index (χ0n) is 9.35. The van der Waals surface area contributed by atoms with E-state index in [9.17, 15) is 4.79 Å². The van der Waals surface area contributed by atoms with E-state index in [-0.39, 0.29) is 0 Å². The lowest BCUT2D eigenvalue weighted by molar-refractivity contribution is -0.131. The van der Waals surface area contributed by atoms with E-state index in [1.165, 1.54) is 6.08 Å². The highest BCUT2D eigenvalue weighted by atomic mass is 35.5. The first-order chi connectivity index (χ1) is 8.04. The predicted octanol–water partition coefficient (Wildman–Crippen LogP) is 2.51. The first-order valence-electron chi connectivity index (χ1n) is 4.89. The van der Waals surface area contributed by atoms with E-state index in [0.29, 0.717) is 11.6 Å². The standard InChI is InChI=1S/C13H12ClNO2/c1-3-8-15(2)12-6-5-11(14)9-10(12)4-7-13(16)17/h1,4-7,9H,8H2,2H3,(H,16,17)/b7-4+. The number of hydrogen-bond donors (Lipinski definition) is 1. The van der Waals surface area contributed by atoms with Crippen molar-refractivity contribution < 1.29 is 9.90 Å². The highest BCUT2D eigenvalue weighted by Gasteiger charge is 2.05. The number of terminal acetylenes is 1. The Labute approximate surface area is 105 Å². The Morgan fingerprint density at radius 3 is 2.94 bits per heavy atom. The number of hydrogen-bond acceptors (Lipinski definition) is 2. The first kappa shape index (κ1) is 13.1. The Bertz CT molecular complexity index is 489. The van der Waals surface area contributed by atoms with Crippen LogP contribution in [0.15, 0.2) is 24.3 Å². The molecule has 0 fully saturated rings. The summed E-state index contributed by atoms with van der Waals surface area (Å²) in [7, 11) is 1.83. The molecule has 3 nitrogen and oxygen atoms in total. The second-order valence-corrected chi connectivity index (χ2v) is 3.87. The van der Waals surface area contributed by atoms with Crippen LogP contribution in [-0.2, 0) is 4.79 Å². The van der Waals surface area contributed by atoms with Gasteiger partial charge in [0.25, 0.3) is 0 Å². The largest absolute Gasteiger partial charge is 0.478 e. The van der Waals surface area contributed by atoms with E-state index in [2.05, 4.69) is 5.92 Å². The van der Waals surface area contributed by atoms with E-state index in [1.54, 1.807) is 18.2 Å². The van der Waals surface area contributed by atoms with E-state index >= 15 is 0 Å². The van der Waals surface area contributed by atoms with Crippen LogP contribution in [0.3, 0.4) is 0 Å². The molecule has 0 heterocycles. The van der Waals surface area contributed by atoms with Crippen molar-refractivity contribution in [3.8, 4) is 12.3 Å². The van der Waals surface area contributed by atoms with Gasteiger partial charge in [0.2, 0.25) is 0 Å². The molecule has 0 aliphatic heterocycles. The lowest BCUT2D eigenvalue weighted by atomic mass is 10.1. The summed E-state index contributed by atoms with van der Waals surface area (Å²) in [5.74, 6) is 1.52. The van der Waals surface area contributed by atoms with Crippen LogP contribution in [0, 0.1) is 12.3 Å². The van der Waals surface area contributed by atoms with Crippen molar-refractivity contribution in [3.05, 3.63) is 34.9 Å². The summed E-state index contributed by atoms with van der Waals surface area (Å²) in [5, 5.41) is 9.16. The molecular formula is C13H12ClNO2. The van der Waals surface area contributed by atoms with E-state index in [1.807, 2.05) is 11.9 Å². The van der Waals surface area contributed by atoms with Crippen molar-refractivity contribution in [2.24, 2.45) is 0 Å². The Hall–Kier alpha value is -1.92. The van der Waals surface area contributed by atoms with Crippen molar-refractivity contribution in [1.82, 2.24) is 0 Å². The van der Waals surface area contributed by atoms with Crippen LogP contribution in [0.25, 0.3) is 6.08 Å². The van der Waals surface area contributed by atoms with Gasteiger partial charge in [-0.25, -0.2) is 4.79 Å². The molecule has 0 saturated carbocycles. The lowest BCUT2D eigenvalue weighted by Gasteiger charge is -2.18. The van der Waals surface area contributed by atoms with Crippen LogP contribution in [0.4, 0.5) is 5.69 Å². The third-order valence-corrected chi connectivity index (χ3v) is 2.37. The van der Waals surface area contributed by atoms with Crippen molar-refractivity contribution in [1.29, 1.82) is 0 Å². The number of carboxylic acids is 1. The average Bonchev–Trinajstić information content (AvgIpc) is 2.26. The first-order valence-corrected chi connectivity index (χ1v) is 5.27. The maximum Gasteiger partial charge on any atom is 0.328 e. The second-order valence-electron chi connectivity index (χ2n) is 3.43. The van der Waals surface area contributed by atoms with Crippen molar-refractivity contribution >= 4 is 29.3 Å². The van der Waals surface area contributed by atoms with Crippen LogP contribution in [-0.4, -0.2) is 24.7 Å². The molecule has 0 atom stereocenters. The van der Waals surface area contributed by atoms with Gasteiger partial charge in [-0.1, -0.05) is 17.5 Å². The fourth-order valence-electron chi connectivity index (χ4n) is 1.39. The number of carboxylic acid groups (broad SMARTS) is 1. The van der Waals surface area contributed by atoms with Crippen LogP contribution >= 0.6 is 11.6 Å². The van der Waals surface area contributed by atoms with E-state index in [4.69, 9.17) is 23.1 Å². The zero-order chi connectivity index (χ0) is 12.8. The summed E-state index contributed by atoms with van der Waals surface area (Å²) in [5.41, 5.74) is 1.56. The molecule has 0 aliphatic rings. The SMILES string of the molecule is C#CCN(C)c1ccc(Cl)cc1/C=C/C(=O)O. The number of nitrogens with zero attached hydrogens (tertiary/aromatic N) is 1. The summed E-state index contributed by atoms with van der Waals surface area (Å²) < 4.78 is 0. The Morgan fingerprint density at radius 2 is 2.35 bits per heavy atom. The fraction of sp³-hybridized carbons (Fsp3) is 0.154. The van der Waals surface area contributed by atoms with E-state index < -0.39 is 5.97 Å². The number of rotatable bonds is 4. The van der Waals surface area contributed by atoms with E-state index in [0.717, 1.165) is 17.3 Å². The van der Waals surface area contributed by atoms with Crippen LogP contribution < -0.4 is 4.90 Å². The minimum absolute atomic E-state index is 0.440. The third kappa shape index (κ3) is 3.86. The summed E-state index contributed by atoms with van der Waals surface area (Å²) in [6, 6.07) is 5.24. The molecule has 0 spiro atoms. The van der Waals surface area contributed by atoms with Gasteiger partial charge in [-0.3, -0.25) is 0 Å². The topological polar surface area (TPSA) is 40.5 Å². The summed E-state index contributed by atoms with van der Waals surface area (Å²) in [6.07, 6.45) is 7.80. The monoisotopic (exact) mass is 249 g/mol. The summed E-state index contributed by atoms with van der Waals surface area (Å²) in [6.45, 7) is 0.440. The molecule has 1 rings (SSSR count). The molecule has 4 heteroatoms. The van der Waals surface area contributed by atoms with Gasteiger partial charge in [0.1, 0.15) is 0 Å². The predicted molar refractivity (Wildman–Crippen MR) is 70.2 cm³/mol. The molecule has 0 saturated heterocycles. The van der Waals surface area contributed by atoms with Gasteiger partial charge in [-0.15, -0.1) is 6.42 Å². The van der Waals surface area contributed by atoms with Gasteiger partial charge in [0, 0.05) is 23.8 Å². The van der Waals surface area contributed by atoms with Crippen molar-refractivity contribution in [2.75, 3.05) is 18.5 Å². The normalized spacial score (nSPS) is 10.2. The molecule has 1 aromatic carbocycles. The van der Waals surface area contributed by atoms with Crippen LogP contribution in [0.2, 0.25) is 5.02 Å². The highest BCUT2D eigenvalue weighted by molar-refractivity contribution is 6.30. The summed E-state index contributed by atoms with van der Waals surface area (Å²) >= 11 is 5.87. The van der Waals surface area contributed by atoms with Gasteiger partial charge >= 0.3 is 5.97 Å². The number of halogens is 1. The fourth-order valence-corrected chi connectivity index (χ4v) is 1.57. The number of aliphatic carboxylic acids is 1. The Balaban J connectivity index is 3.12. The average molecular weight is 250 g/mol. The molecule has 1 N–H and O–H groups in total. The van der Waals surface area contributed by atoms with Gasteiger partial charge in [0.15, 0.2) is 0 Å². The molecule has 0 radical (unpaired) electrons. The molecular weight excluding hydrogens is 238 g/mol. The maximum atomic E-state index is 10.5. The maximum absolute atomic E-state index is 10.5. The molecule has 0 aliphatic carbocycles. The summed E-state index contributed by atoms with van der Waals surface area (Å²) in [4.78, 5) is 12.3. The lowest BCUT2D eigenvalue weighted by Crippen LogP contribution is -2.17. The Kier molecular flexibility index (Phi) is 4.62. The van der Waals surface area contributed by atoms with Gasteiger partial charge < -0.3 is 10.0 Å². The van der Waals surface area contributed by atoms with Gasteiger partial charge in [-0.2, -0.15) is 0 Å². The Morgan fingerprint density at radius 1 is 1.65 bits per heavy atom. The van der Waals surface area contributed by atoms with Gasteiger partial charge in [-0.05, 0) is 29.8 Å². The van der Waals surface area contributed by atoms with Crippen LogP contribution in [0.1, 0.15) is 5.56 Å². The molecule has 0 amide bonds. The smallest absolute Gasteiger partial charge is 0.328 e. The second kappa shape index (κ2) is 5.97. The van der Waals surface area contributed by atoms with Crippen LogP contribution in [0.5, 0.6) is 0 Å². The number of carbonyl (C=O) groups is 1. The molecule has 1 aromatic rings. The molecule has 88 valence electrons. The molecule has 0 unspecified atom stereocenters. The highest BCUT2D eigenvalue weighted by Crippen LogP contribution is 2.24. The van der Waals surface area contributed by atoms with Gasteiger partial charge in [0.05, 0.1) is 6.54 Å².